The Bertz CT molecular complexity index is 286. The standard InChI is InChI=1S/C8H10N2O2/c9-6-2-1-3-7(4-6)10-8(12)5-11/h1-4,11H,5,9H2,(H,10,12). The van der Waals surface area contributed by atoms with E-state index in [0.29, 0.717) is 11.4 Å². The molecule has 0 saturated heterocycles. The summed E-state index contributed by atoms with van der Waals surface area (Å²) in [5.41, 5.74) is 6.63. The summed E-state index contributed by atoms with van der Waals surface area (Å²) in [6.07, 6.45) is 0. The van der Waals surface area contributed by atoms with Gasteiger partial charge in [-0.1, -0.05) is 6.07 Å². The molecule has 4 nitrogen and oxygen atoms in total. The molecule has 0 heterocycles. The number of amides is 1. The predicted molar refractivity (Wildman–Crippen MR) is 46.6 cm³/mol. The Hall–Kier alpha value is -1.55. The molecular formula is C8H10N2O2. The fourth-order valence-electron chi connectivity index (χ4n) is 0.817. The third-order valence-corrected chi connectivity index (χ3v) is 1.31. The maximum Gasteiger partial charge on any atom is 0.250 e. The van der Waals surface area contributed by atoms with Gasteiger partial charge < -0.3 is 16.2 Å². The van der Waals surface area contributed by atoms with Crippen LogP contribution < -0.4 is 11.1 Å². The third kappa shape index (κ3) is 2.25. The monoisotopic (exact) mass is 166 g/mol. The van der Waals surface area contributed by atoms with Crippen molar-refractivity contribution in [3.8, 4) is 0 Å². The van der Waals surface area contributed by atoms with E-state index in [0.717, 1.165) is 0 Å². The lowest BCUT2D eigenvalue weighted by Crippen LogP contribution is -2.15. The molecule has 1 amide bonds. The molecule has 0 fully saturated rings. The summed E-state index contributed by atoms with van der Waals surface area (Å²) in [7, 11) is 0. The third-order valence-electron chi connectivity index (χ3n) is 1.31. The summed E-state index contributed by atoms with van der Waals surface area (Å²) >= 11 is 0. The van der Waals surface area contributed by atoms with Crippen molar-refractivity contribution in [2.24, 2.45) is 0 Å². The van der Waals surface area contributed by atoms with Crippen LogP contribution in [0.5, 0.6) is 0 Å². The Morgan fingerprint density at radius 3 is 2.92 bits per heavy atom. The smallest absolute Gasteiger partial charge is 0.250 e. The average Bonchev–Trinajstić information content (AvgIpc) is 2.04. The van der Waals surface area contributed by atoms with Gasteiger partial charge in [0.05, 0.1) is 0 Å². The van der Waals surface area contributed by atoms with Crippen molar-refractivity contribution in [3.05, 3.63) is 24.3 Å². The van der Waals surface area contributed by atoms with E-state index in [9.17, 15) is 4.79 Å². The number of aliphatic hydroxyl groups excluding tert-OH is 1. The molecule has 64 valence electrons. The second-order valence-electron chi connectivity index (χ2n) is 2.33. The van der Waals surface area contributed by atoms with Crippen molar-refractivity contribution in [3.63, 3.8) is 0 Å². The van der Waals surface area contributed by atoms with Gasteiger partial charge >= 0.3 is 0 Å². The van der Waals surface area contributed by atoms with Crippen LogP contribution in [-0.4, -0.2) is 17.6 Å². The number of nitrogens with two attached hydrogens (primary N) is 1. The van der Waals surface area contributed by atoms with E-state index in [4.69, 9.17) is 10.8 Å². The largest absolute Gasteiger partial charge is 0.399 e. The van der Waals surface area contributed by atoms with Crippen LogP contribution in [0.3, 0.4) is 0 Å². The zero-order chi connectivity index (χ0) is 8.97. The molecule has 4 heteroatoms. The lowest BCUT2D eigenvalue weighted by Gasteiger charge is -2.02. The number of hydrogen-bond donors (Lipinski definition) is 3. The van der Waals surface area contributed by atoms with Gasteiger partial charge in [0.1, 0.15) is 6.61 Å². The van der Waals surface area contributed by atoms with Crippen molar-refractivity contribution in [2.45, 2.75) is 0 Å². The van der Waals surface area contributed by atoms with Crippen molar-refractivity contribution in [2.75, 3.05) is 17.7 Å². The molecule has 0 bridgehead atoms. The van der Waals surface area contributed by atoms with E-state index in [2.05, 4.69) is 5.32 Å². The molecule has 0 atom stereocenters. The molecule has 1 rings (SSSR count). The van der Waals surface area contributed by atoms with Gasteiger partial charge in [0.15, 0.2) is 0 Å². The van der Waals surface area contributed by atoms with Crippen LogP contribution in [0.4, 0.5) is 11.4 Å². The second kappa shape index (κ2) is 3.73. The van der Waals surface area contributed by atoms with Crippen LogP contribution in [0.25, 0.3) is 0 Å². The molecule has 1 aromatic carbocycles. The average molecular weight is 166 g/mol. The Balaban J connectivity index is 2.69. The van der Waals surface area contributed by atoms with Crippen LogP contribution in [-0.2, 0) is 4.79 Å². The van der Waals surface area contributed by atoms with Crippen LogP contribution in [0.15, 0.2) is 24.3 Å². The zero-order valence-electron chi connectivity index (χ0n) is 6.45. The summed E-state index contributed by atoms with van der Waals surface area (Å²) in [5, 5.41) is 10.9. The summed E-state index contributed by atoms with van der Waals surface area (Å²) < 4.78 is 0. The number of nitrogens with one attached hydrogen (secondary N) is 1. The Morgan fingerprint density at radius 2 is 2.33 bits per heavy atom. The summed E-state index contributed by atoms with van der Waals surface area (Å²) in [5.74, 6) is -0.444. The highest BCUT2D eigenvalue weighted by Crippen LogP contribution is 2.10. The highest BCUT2D eigenvalue weighted by atomic mass is 16.3. The molecular weight excluding hydrogens is 156 g/mol. The zero-order valence-corrected chi connectivity index (χ0v) is 6.45. The van der Waals surface area contributed by atoms with E-state index in [1.165, 1.54) is 0 Å². The molecule has 0 spiro atoms. The molecule has 1 aromatic rings. The minimum Gasteiger partial charge on any atom is -0.399 e. The van der Waals surface area contributed by atoms with Crippen molar-refractivity contribution in [1.82, 2.24) is 0 Å². The minimum atomic E-state index is -0.519. The fraction of sp³-hybridized carbons (Fsp3) is 0.125. The Labute approximate surface area is 70.0 Å². The molecule has 12 heavy (non-hydrogen) atoms. The topological polar surface area (TPSA) is 75.3 Å². The number of nitrogen functional groups attached to an aromatic ring is 1. The normalized spacial score (nSPS) is 9.42. The highest BCUT2D eigenvalue weighted by molar-refractivity contribution is 5.91. The van der Waals surface area contributed by atoms with E-state index in [1.54, 1.807) is 24.3 Å². The minimum absolute atomic E-state index is 0.444. The van der Waals surface area contributed by atoms with Crippen molar-refractivity contribution < 1.29 is 9.90 Å². The number of benzene rings is 1. The first-order chi connectivity index (χ1) is 5.72. The molecule has 0 aliphatic carbocycles. The predicted octanol–water partition coefficient (Wildman–Crippen LogP) is 0.200. The van der Waals surface area contributed by atoms with Gasteiger partial charge in [-0.15, -0.1) is 0 Å². The van der Waals surface area contributed by atoms with Gasteiger partial charge in [-0.3, -0.25) is 4.79 Å². The van der Waals surface area contributed by atoms with E-state index in [1.807, 2.05) is 0 Å². The quantitative estimate of drug-likeness (QED) is 0.549. The van der Waals surface area contributed by atoms with Crippen molar-refractivity contribution >= 4 is 17.3 Å². The van der Waals surface area contributed by atoms with E-state index in [-0.39, 0.29) is 0 Å². The van der Waals surface area contributed by atoms with Gasteiger partial charge in [0.25, 0.3) is 0 Å². The van der Waals surface area contributed by atoms with Crippen LogP contribution in [0, 0.1) is 0 Å². The van der Waals surface area contributed by atoms with Crippen LogP contribution >= 0.6 is 0 Å². The number of rotatable bonds is 2. The first-order valence-electron chi connectivity index (χ1n) is 3.48. The van der Waals surface area contributed by atoms with E-state index < -0.39 is 12.5 Å². The number of carbonyl (C=O) groups is 1. The molecule has 0 aliphatic rings. The lowest BCUT2D eigenvalue weighted by atomic mass is 10.3. The molecule has 0 unspecified atom stereocenters. The maximum atomic E-state index is 10.7. The molecule has 0 aromatic heterocycles. The molecule has 0 saturated carbocycles. The summed E-state index contributed by atoms with van der Waals surface area (Å²) in [6, 6.07) is 6.76. The van der Waals surface area contributed by atoms with E-state index >= 15 is 0 Å². The fourth-order valence-corrected chi connectivity index (χ4v) is 0.817. The lowest BCUT2D eigenvalue weighted by molar-refractivity contribution is -0.118. The van der Waals surface area contributed by atoms with Crippen molar-refractivity contribution in [1.29, 1.82) is 0 Å². The number of aliphatic hydroxyl groups is 1. The number of carbonyl (C=O) groups excluding carboxylic acids is 1. The SMILES string of the molecule is Nc1cccc(NC(=O)CO)c1. The van der Waals surface area contributed by atoms with Gasteiger partial charge in [0.2, 0.25) is 5.91 Å². The number of anilines is 2. The first-order valence-corrected chi connectivity index (χ1v) is 3.48. The molecule has 0 radical (unpaired) electrons. The summed E-state index contributed by atoms with van der Waals surface area (Å²) in [4.78, 5) is 10.7. The Morgan fingerprint density at radius 1 is 1.58 bits per heavy atom. The molecule has 0 aliphatic heterocycles. The van der Waals surface area contributed by atoms with Gasteiger partial charge in [-0.2, -0.15) is 0 Å². The highest BCUT2D eigenvalue weighted by Gasteiger charge is 1.98. The van der Waals surface area contributed by atoms with Gasteiger partial charge in [-0.25, -0.2) is 0 Å². The molecule has 4 N–H and O–H groups in total. The van der Waals surface area contributed by atoms with Crippen LogP contribution in [0.1, 0.15) is 0 Å². The maximum absolute atomic E-state index is 10.7. The number of hydrogen-bond acceptors (Lipinski definition) is 3. The first kappa shape index (κ1) is 8.55. The van der Waals surface area contributed by atoms with Gasteiger partial charge in [0, 0.05) is 11.4 Å². The Kier molecular flexibility index (Phi) is 2.66. The van der Waals surface area contributed by atoms with Crippen LogP contribution in [0.2, 0.25) is 0 Å². The summed E-state index contributed by atoms with van der Waals surface area (Å²) in [6.45, 7) is -0.519. The second-order valence-corrected chi connectivity index (χ2v) is 2.33. The van der Waals surface area contributed by atoms with Gasteiger partial charge in [-0.05, 0) is 18.2 Å².